The van der Waals surface area contributed by atoms with Gasteiger partial charge in [0.05, 0.1) is 9.85 Å². The molecule has 0 amide bonds. The maximum atomic E-state index is 11.4. The van der Waals surface area contributed by atoms with E-state index in [1.54, 1.807) is 4.90 Å². The van der Waals surface area contributed by atoms with Gasteiger partial charge in [0.15, 0.2) is 5.69 Å². The lowest BCUT2D eigenvalue weighted by atomic mass is 10.1. The molecule has 0 bridgehead atoms. The highest BCUT2D eigenvalue weighted by atomic mass is 35.5. The van der Waals surface area contributed by atoms with Gasteiger partial charge in [-0.2, -0.15) is 0 Å². The van der Waals surface area contributed by atoms with Crippen LogP contribution in [0, 0.1) is 20.2 Å². The molecule has 0 aromatic heterocycles. The molecule has 0 fully saturated rings. The number of benzene rings is 1. The molecule has 1 rings (SSSR count). The number of nitro groups is 2. The maximum Gasteiger partial charge on any atom is 0.299 e. The molecule has 1 aromatic rings. The van der Waals surface area contributed by atoms with E-state index in [4.69, 9.17) is 11.6 Å². The second kappa shape index (κ2) is 8.53. The predicted molar refractivity (Wildman–Crippen MR) is 87.0 cm³/mol. The van der Waals surface area contributed by atoms with Crippen LogP contribution in [0.1, 0.15) is 32.3 Å². The number of aryl methyl sites for hydroxylation is 1. The number of hydrogen-bond donors (Lipinski definition) is 0. The molecule has 0 aliphatic carbocycles. The quantitative estimate of drug-likeness (QED) is 0.389. The molecule has 0 aliphatic heterocycles. The van der Waals surface area contributed by atoms with E-state index < -0.39 is 9.85 Å². The van der Waals surface area contributed by atoms with Crippen molar-refractivity contribution < 1.29 is 9.85 Å². The van der Waals surface area contributed by atoms with Crippen LogP contribution in [0.25, 0.3) is 0 Å². The Morgan fingerprint density at radius 3 is 1.82 bits per heavy atom. The van der Waals surface area contributed by atoms with Gasteiger partial charge in [-0.3, -0.25) is 20.2 Å². The zero-order valence-corrected chi connectivity index (χ0v) is 13.5. The minimum absolute atomic E-state index is 0.0945. The van der Waals surface area contributed by atoms with E-state index in [1.165, 1.54) is 12.1 Å². The molecule has 0 saturated heterocycles. The molecular weight excluding hydrogens is 310 g/mol. The van der Waals surface area contributed by atoms with Crippen LogP contribution >= 0.6 is 11.6 Å². The normalized spacial score (nSPS) is 10.5. The highest BCUT2D eigenvalue weighted by Crippen LogP contribution is 2.39. The van der Waals surface area contributed by atoms with Gasteiger partial charge in [-0.25, -0.2) is 0 Å². The average molecular weight is 330 g/mol. The first-order valence-electron chi connectivity index (χ1n) is 7.22. The molecule has 1 aromatic carbocycles. The van der Waals surface area contributed by atoms with Crippen LogP contribution in [-0.2, 0) is 6.42 Å². The summed E-state index contributed by atoms with van der Waals surface area (Å²) < 4.78 is 0. The number of alkyl halides is 1. The van der Waals surface area contributed by atoms with Crippen LogP contribution in [0.2, 0.25) is 0 Å². The third kappa shape index (κ3) is 4.30. The molecule has 0 atom stereocenters. The summed E-state index contributed by atoms with van der Waals surface area (Å²) in [6.45, 7) is 4.93. The fraction of sp³-hybridized carbons (Fsp3) is 0.571. The standard InChI is InChI=1S/C14H20ClN3O4/c1-3-7-16(8-4-2)14-12(17(19)20)9-11(5-6-15)10-13(14)18(21)22/h9-10H,3-8H2,1-2H3. The highest BCUT2D eigenvalue weighted by Gasteiger charge is 2.30. The molecule has 0 saturated carbocycles. The molecule has 122 valence electrons. The zero-order valence-electron chi connectivity index (χ0n) is 12.7. The monoisotopic (exact) mass is 329 g/mol. The zero-order chi connectivity index (χ0) is 16.7. The highest BCUT2D eigenvalue weighted by molar-refractivity contribution is 6.18. The van der Waals surface area contributed by atoms with Crippen molar-refractivity contribution in [2.45, 2.75) is 33.1 Å². The Morgan fingerprint density at radius 2 is 1.50 bits per heavy atom. The first kappa shape index (κ1) is 18.2. The van der Waals surface area contributed by atoms with E-state index in [-0.39, 0.29) is 22.9 Å². The third-order valence-corrected chi connectivity index (χ3v) is 3.40. The summed E-state index contributed by atoms with van der Waals surface area (Å²) in [5, 5.41) is 22.8. The van der Waals surface area contributed by atoms with Crippen molar-refractivity contribution in [3.63, 3.8) is 0 Å². The predicted octanol–water partition coefficient (Wildman–Crippen LogP) is 3.91. The molecular formula is C14H20ClN3O4. The number of hydrogen-bond acceptors (Lipinski definition) is 5. The topological polar surface area (TPSA) is 89.5 Å². The minimum Gasteiger partial charge on any atom is -0.360 e. The molecule has 0 radical (unpaired) electrons. The molecule has 8 heteroatoms. The van der Waals surface area contributed by atoms with Gasteiger partial charge in [-0.1, -0.05) is 13.8 Å². The Labute approximate surface area is 134 Å². The van der Waals surface area contributed by atoms with Crippen molar-refractivity contribution in [2.24, 2.45) is 0 Å². The van der Waals surface area contributed by atoms with Crippen molar-refractivity contribution in [1.82, 2.24) is 0 Å². The summed E-state index contributed by atoms with van der Waals surface area (Å²) in [4.78, 5) is 23.4. The lowest BCUT2D eigenvalue weighted by Gasteiger charge is -2.23. The number of nitrogens with zero attached hydrogens (tertiary/aromatic N) is 3. The van der Waals surface area contributed by atoms with Crippen LogP contribution in [0.4, 0.5) is 17.1 Å². The van der Waals surface area contributed by atoms with Crippen molar-refractivity contribution in [2.75, 3.05) is 23.9 Å². The summed E-state index contributed by atoms with van der Waals surface area (Å²) in [5.41, 5.74) is 0.148. The van der Waals surface area contributed by atoms with Gasteiger partial charge in [0, 0.05) is 31.1 Å². The molecule has 0 heterocycles. The van der Waals surface area contributed by atoms with Gasteiger partial charge in [0.2, 0.25) is 0 Å². The van der Waals surface area contributed by atoms with Gasteiger partial charge in [0.25, 0.3) is 11.4 Å². The summed E-state index contributed by atoms with van der Waals surface area (Å²) in [7, 11) is 0. The largest absolute Gasteiger partial charge is 0.360 e. The van der Waals surface area contributed by atoms with Gasteiger partial charge >= 0.3 is 0 Å². The molecule has 0 spiro atoms. The lowest BCUT2D eigenvalue weighted by Crippen LogP contribution is -2.26. The van der Waals surface area contributed by atoms with Crippen molar-refractivity contribution >= 4 is 28.7 Å². The van der Waals surface area contributed by atoms with Crippen molar-refractivity contribution in [3.05, 3.63) is 37.9 Å². The van der Waals surface area contributed by atoms with E-state index in [2.05, 4.69) is 0 Å². The summed E-state index contributed by atoms with van der Waals surface area (Å²) in [6, 6.07) is 2.78. The van der Waals surface area contributed by atoms with Crippen LogP contribution in [-0.4, -0.2) is 28.8 Å². The third-order valence-electron chi connectivity index (χ3n) is 3.21. The minimum atomic E-state index is -0.557. The van der Waals surface area contributed by atoms with Crippen LogP contribution < -0.4 is 4.90 Å². The second-order valence-electron chi connectivity index (χ2n) is 4.92. The van der Waals surface area contributed by atoms with Gasteiger partial charge in [0.1, 0.15) is 0 Å². The van der Waals surface area contributed by atoms with Crippen LogP contribution in [0.5, 0.6) is 0 Å². The van der Waals surface area contributed by atoms with Gasteiger partial charge in [-0.05, 0) is 24.8 Å². The van der Waals surface area contributed by atoms with E-state index in [1.807, 2.05) is 13.8 Å². The first-order valence-corrected chi connectivity index (χ1v) is 7.76. The molecule has 22 heavy (non-hydrogen) atoms. The molecule has 0 aliphatic rings. The van der Waals surface area contributed by atoms with Gasteiger partial charge < -0.3 is 4.90 Å². The number of rotatable bonds is 9. The molecule has 0 unspecified atom stereocenters. The Kier molecular flexibility index (Phi) is 7.04. The van der Waals surface area contributed by atoms with Crippen molar-refractivity contribution in [3.8, 4) is 0 Å². The van der Waals surface area contributed by atoms with E-state index >= 15 is 0 Å². The first-order chi connectivity index (χ1) is 10.5. The number of anilines is 1. The summed E-state index contributed by atoms with van der Waals surface area (Å²) in [6.07, 6.45) is 1.85. The van der Waals surface area contributed by atoms with E-state index in [0.717, 1.165) is 12.8 Å². The Hall–Kier alpha value is -1.89. The Bertz CT molecular complexity index is 510. The van der Waals surface area contributed by atoms with Crippen LogP contribution in [0.3, 0.4) is 0 Å². The fourth-order valence-corrected chi connectivity index (χ4v) is 2.61. The summed E-state index contributed by atoms with van der Waals surface area (Å²) >= 11 is 5.65. The second-order valence-corrected chi connectivity index (χ2v) is 5.30. The fourth-order valence-electron chi connectivity index (χ4n) is 2.39. The van der Waals surface area contributed by atoms with Gasteiger partial charge in [-0.15, -0.1) is 11.6 Å². The van der Waals surface area contributed by atoms with Crippen LogP contribution in [0.15, 0.2) is 12.1 Å². The van der Waals surface area contributed by atoms with E-state index in [0.29, 0.717) is 25.1 Å². The maximum absolute atomic E-state index is 11.4. The lowest BCUT2D eigenvalue weighted by molar-refractivity contribution is -0.392. The molecule has 7 nitrogen and oxygen atoms in total. The van der Waals surface area contributed by atoms with E-state index in [9.17, 15) is 20.2 Å². The van der Waals surface area contributed by atoms with Crippen molar-refractivity contribution in [1.29, 1.82) is 0 Å². The number of halogens is 1. The number of nitro benzene ring substituents is 2. The molecule has 0 N–H and O–H groups in total. The smallest absolute Gasteiger partial charge is 0.299 e. The summed E-state index contributed by atoms with van der Waals surface area (Å²) in [5.74, 6) is 0.251. The Morgan fingerprint density at radius 1 is 1.05 bits per heavy atom. The Balaban J connectivity index is 3.55. The SMILES string of the molecule is CCCN(CCC)c1c([N+](=O)[O-])cc(CCCl)cc1[N+](=O)[O-]. The average Bonchev–Trinajstić information content (AvgIpc) is 2.46.